The number of quaternary nitrogens is 1. The molecule has 0 bridgehead atoms. The molecule has 3 nitrogen and oxygen atoms in total. The van der Waals surface area contributed by atoms with Crippen molar-refractivity contribution in [3.05, 3.63) is 0 Å². The van der Waals surface area contributed by atoms with Gasteiger partial charge in [0.05, 0.1) is 19.1 Å². The summed E-state index contributed by atoms with van der Waals surface area (Å²) in [4.78, 5) is 0. The van der Waals surface area contributed by atoms with E-state index in [2.05, 4.69) is 27.7 Å². The van der Waals surface area contributed by atoms with Gasteiger partial charge in [-0.2, -0.15) is 9.03 Å². The van der Waals surface area contributed by atoms with Crippen molar-refractivity contribution in [2.45, 2.75) is 46.2 Å². The molecular weight excluding hydrogens is 219 g/mol. The van der Waals surface area contributed by atoms with Crippen LogP contribution in [0.4, 0.5) is 0 Å². The zero-order valence-electron chi connectivity index (χ0n) is 9.25. The van der Waals surface area contributed by atoms with Crippen LogP contribution in [0.15, 0.2) is 0 Å². The molecule has 0 rings (SSSR count). The molecule has 0 aliphatic heterocycles. The molecule has 82 valence electrons. The molecule has 0 aromatic heterocycles. The summed E-state index contributed by atoms with van der Waals surface area (Å²) in [6.07, 6.45) is 0.431. The van der Waals surface area contributed by atoms with Gasteiger partial charge in [-0.3, -0.25) is 0 Å². The number of nitriles is 1. The summed E-state index contributed by atoms with van der Waals surface area (Å²) in [5.74, 6) is 0. The smallest absolute Gasteiger partial charge is 0.257 e. The summed E-state index contributed by atoms with van der Waals surface area (Å²) in [5, 5.41) is 8.35. The monoisotopic (exact) mass is 237 g/mol. The summed E-state index contributed by atoms with van der Waals surface area (Å²) in [5.41, 5.74) is 0. The second kappa shape index (κ2) is 6.58. The van der Waals surface area contributed by atoms with Gasteiger partial charge >= 0.3 is 0 Å². The summed E-state index contributed by atoms with van der Waals surface area (Å²) in [6, 6.07) is 2.68. The van der Waals surface area contributed by atoms with Crippen LogP contribution in [0.1, 0.15) is 34.1 Å². The molecule has 0 spiro atoms. The van der Waals surface area contributed by atoms with Crippen LogP contribution in [-0.4, -0.2) is 22.5 Å². The van der Waals surface area contributed by atoms with Gasteiger partial charge in [-0.05, 0) is 27.7 Å². The Bertz CT molecular complexity index is 195. The van der Waals surface area contributed by atoms with Crippen LogP contribution >= 0.6 is 20.7 Å². The average molecular weight is 238 g/mol. The molecule has 0 aliphatic carbocycles. The molecule has 1 unspecified atom stereocenters. The quantitative estimate of drug-likeness (QED) is 0.404. The van der Waals surface area contributed by atoms with Gasteiger partial charge in [0.25, 0.3) is 8.96 Å². The predicted molar refractivity (Wildman–Crippen MR) is 60.9 cm³/mol. The number of rotatable bonds is 6. The van der Waals surface area contributed by atoms with Gasteiger partial charge in [0.15, 0.2) is 11.8 Å². The van der Waals surface area contributed by atoms with Crippen molar-refractivity contribution in [3.63, 3.8) is 0 Å². The van der Waals surface area contributed by atoms with E-state index in [1.54, 1.807) is 0 Å². The minimum atomic E-state index is 0.199. The van der Waals surface area contributed by atoms with Crippen molar-refractivity contribution in [2.24, 2.45) is 0 Å². The Morgan fingerprint density at radius 1 is 1.36 bits per heavy atom. The first-order chi connectivity index (χ1) is 6.45. The van der Waals surface area contributed by atoms with Crippen molar-refractivity contribution in [3.8, 4) is 6.07 Å². The lowest BCUT2D eigenvalue weighted by Gasteiger charge is -2.35. The van der Waals surface area contributed by atoms with Crippen molar-refractivity contribution in [2.75, 3.05) is 6.61 Å². The highest BCUT2D eigenvalue weighted by atomic mass is 35.5. The van der Waals surface area contributed by atoms with Crippen LogP contribution in [0.3, 0.4) is 0 Å². The fraction of sp³-hybridized carbons (Fsp3) is 0.889. The number of nitrogens with zero attached hydrogens (tertiary/aromatic N) is 2. The molecule has 14 heavy (non-hydrogen) atoms. The lowest BCUT2D eigenvalue weighted by molar-refractivity contribution is -0.735. The van der Waals surface area contributed by atoms with E-state index in [4.69, 9.17) is 21.6 Å². The Labute approximate surface area is 93.6 Å². The summed E-state index contributed by atoms with van der Waals surface area (Å²) in [7, 11) is 0.199. The molecule has 0 heterocycles. The summed E-state index contributed by atoms with van der Waals surface area (Å²) < 4.78 is 5.80. The zero-order chi connectivity index (χ0) is 11.2. The third-order valence-electron chi connectivity index (χ3n) is 2.02. The van der Waals surface area contributed by atoms with Crippen LogP contribution in [0.25, 0.3) is 0 Å². The maximum Gasteiger partial charge on any atom is 0.257 e. The second-order valence-electron chi connectivity index (χ2n) is 3.72. The van der Waals surface area contributed by atoms with Gasteiger partial charge in [-0.1, -0.05) is 0 Å². The first-order valence-corrected chi connectivity index (χ1v) is 5.98. The number of hydrogen-bond acceptors (Lipinski definition) is 2. The zero-order valence-corrected chi connectivity index (χ0v) is 11.0. The van der Waals surface area contributed by atoms with E-state index in [1.807, 2.05) is 6.07 Å². The fourth-order valence-corrected chi connectivity index (χ4v) is 2.01. The molecule has 1 atom stereocenters. The van der Waals surface area contributed by atoms with Gasteiger partial charge in [-0.15, -0.1) is 0 Å². The highest BCUT2D eigenvalue weighted by Crippen LogP contribution is 2.40. The molecule has 0 amide bonds. The lowest BCUT2D eigenvalue weighted by Crippen LogP contribution is -2.42. The highest BCUT2D eigenvalue weighted by molar-refractivity contribution is 7.26. The summed E-state index contributed by atoms with van der Waals surface area (Å²) in [6.45, 7) is 8.78. The van der Waals surface area contributed by atoms with Gasteiger partial charge in [0.1, 0.15) is 12.1 Å². The van der Waals surface area contributed by atoms with Crippen LogP contribution in [0.5, 0.6) is 0 Å². The Balaban J connectivity index is 4.06. The van der Waals surface area contributed by atoms with E-state index in [1.165, 1.54) is 0 Å². The lowest BCUT2D eigenvalue weighted by atomic mass is 10.3. The number of halogens is 1. The molecule has 0 radical (unpaired) electrons. The van der Waals surface area contributed by atoms with Crippen molar-refractivity contribution in [1.29, 1.82) is 5.26 Å². The van der Waals surface area contributed by atoms with E-state index in [-0.39, 0.29) is 8.96 Å². The van der Waals surface area contributed by atoms with Gasteiger partial charge in [-0.25, -0.2) is 0 Å². The van der Waals surface area contributed by atoms with Crippen molar-refractivity contribution in [1.82, 2.24) is 0 Å². The highest BCUT2D eigenvalue weighted by Gasteiger charge is 2.35. The molecule has 0 saturated carbocycles. The maximum absolute atomic E-state index is 8.35. The Morgan fingerprint density at radius 3 is 2.21 bits per heavy atom. The minimum Gasteiger partial charge on any atom is -0.310 e. The number of hydrogen-bond donors (Lipinski definition) is 0. The van der Waals surface area contributed by atoms with Gasteiger partial charge < -0.3 is 4.52 Å². The normalized spacial score (nSPS) is 13.0. The first-order valence-electron chi connectivity index (χ1n) is 4.79. The second-order valence-corrected chi connectivity index (χ2v) is 5.78. The Hall–Kier alpha value is 0.130. The van der Waals surface area contributed by atoms with Crippen LogP contribution < -0.4 is 0 Å². The van der Waals surface area contributed by atoms with E-state index in [9.17, 15) is 0 Å². The third kappa shape index (κ3) is 4.11. The molecule has 0 N–H and O–H groups in total. The van der Waals surface area contributed by atoms with Crippen LogP contribution in [0.2, 0.25) is 0 Å². The van der Waals surface area contributed by atoms with E-state index in [0.717, 1.165) is 0 Å². The molecule has 5 heteroatoms. The van der Waals surface area contributed by atoms with Crippen molar-refractivity contribution < 1.29 is 8.30 Å². The van der Waals surface area contributed by atoms with Crippen LogP contribution in [0, 0.1) is 11.3 Å². The Morgan fingerprint density at radius 2 is 1.86 bits per heavy atom. The molecule has 0 fully saturated rings. The minimum absolute atomic E-state index is 0.199. The standard InChI is InChI=1S/C9H19ClN2OP/c1-8(2)12(10,9(3)4)14-13-7-5-6-11/h8-9,14H,5,7H2,1-4H3/q+1. The van der Waals surface area contributed by atoms with E-state index < -0.39 is 0 Å². The predicted octanol–water partition coefficient (Wildman–Crippen LogP) is 3.21. The topological polar surface area (TPSA) is 33.0 Å². The SMILES string of the molecule is CC(C)[N+](Cl)(POCCC#N)C(C)C. The summed E-state index contributed by atoms with van der Waals surface area (Å²) >= 11 is 6.43. The molecule has 0 aliphatic rings. The third-order valence-corrected chi connectivity index (χ3v) is 4.66. The first kappa shape index (κ1) is 14.1. The molecule has 0 saturated heterocycles. The Kier molecular flexibility index (Phi) is 6.64. The average Bonchev–Trinajstić information content (AvgIpc) is 2.11. The van der Waals surface area contributed by atoms with Crippen LogP contribution in [-0.2, 0) is 4.52 Å². The van der Waals surface area contributed by atoms with Gasteiger partial charge in [0, 0.05) is 0 Å². The van der Waals surface area contributed by atoms with E-state index >= 15 is 0 Å². The largest absolute Gasteiger partial charge is 0.310 e. The van der Waals surface area contributed by atoms with E-state index in [0.29, 0.717) is 28.9 Å². The van der Waals surface area contributed by atoms with Gasteiger partial charge in [0.2, 0.25) is 0 Å². The maximum atomic E-state index is 8.35. The molecular formula is C9H19ClN2OP+. The molecule has 0 aromatic rings. The fourth-order valence-electron chi connectivity index (χ4n) is 1.05. The molecule has 0 aromatic carbocycles. The van der Waals surface area contributed by atoms with Crippen molar-refractivity contribution >= 4 is 20.7 Å².